The standard InChI is InChI=1S/C20H19N5O2/c1-13-18(14(2)27-24-13)12-25-11-16(10-22-25)23-20(26)8-7-15-9-21-19-6-4-3-5-17(15)19/h3-11,21H,12H2,1-2H3,(H,23,26). The van der Waals surface area contributed by atoms with Crippen molar-refractivity contribution < 1.29 is 9.32 Å². The van der Waals surface area contributed by atoms with Crippen LogP contribution in [0.4, 0.5) is 5.69 Å². The van der Waals surface area contributed by atoms with Crippen LogP contribution in [0.3, 0.4) is 0 Å². The zero-order valence-corrected chi connectivity index (χ0v) is 15.1. The Morgan fingerprint density at radius 2 is 2.19 bits per heavy atom. The molecule has 0 radical (unpaired) electrons. The number of fused-ring (bicyclic) bond motifs is 1. The number of aryl methyl sites for hydroxylation is 2. The summed E-state index contributed by atoms with van der Waals surface area (Å²) in [6, 6.07) is 7.96. The third-order valence-electron chi connectivity index (χ3n) is 4.44. The second-order valence-electron chi connectivity index (χ2n) is 6.34. The summed E-state index contributed by atoms with van der Waals surface area (Å²) in [5, 5.41) is 12.1. The number of hydrogen-bond acceptors (Lipinski definition) is 4. The van der Waals surface area contributed by atoms with Crippen LogP contribution in [-0.2, 0) is 11.3 Å². The van der Waals surface area contributed by atoms with Gasteiger partial charge in [-0.2, -0.15) is 5.10 Å². The van der Waals surface area contributed by atoms with Gasteiger partial charge in [0.25, 0.3) is 0 Å². The topological polar surface area (TPSA) is 88.7 Å². The molecule has 0 unspecified atom stereocenters. The first-order chi connectivity index (χ1) is 13.1. The highest BCUT2D eigenvalue weighted by Crippen LogP contribution is 2.19. The molecular formula is C20H19N5O2. The number of aromatic nitrogens is 4. The fourth-order valence-electron chi connectivity index (χ4n) is 2.99. The van der Waals surface area contributed by atoms with Crippen LogP contribution in [-0.4, -0.2) is 25.8 Å². The molecule has 7 nitrogen and oxygen atoms in total. The van der Waals surface area contributed by atoms with Gasteiger partial charge in [0.1, 0.15) is 5.76 Å². The Bertz CT molecular complexity index is 1110. The molecule has 0 saturated heterocycles. The number of amides is 1. The molecule has 0 aliphatic carbocycles. The molecule has 0 aliphatic rings. The van der Waals surface area contributed by atoms with Gasteiger partial charge in [0, 0.05) is 34.9 Å². The Morgan fingerprint density at radius 3 is 3.00 bits per heavy atom. The first kappa shape index (κ1) is 16.8. The largest absolute Gasteiger partial charge is 0.361 e. The van der Waals surface area contributed by atoms with Gasteiger partial charge in [-0.15, -0.1) is 0 Å². The van der Waals surface area contributed by atoms with Gasteiger partial charge in [-0.3, -0.25) is 9.48 Å². The van der Waals surface area contributed by atoms with E-state index >= 15 is 0 Å². The van der Waals surface area contributed by atoms with E-state index in [1.807, 2.05) is 44.3 Å². The monoisotopic (exact) mass is 361 g/mol. The molecular weight excluding hydrogens is 342 g/mol. The maximum absolute atomic E-state index is 12.2. The molecule has 7 heteroatoms. The Hall–Kier alpha value is -3.61. The van der Waals surface area contributed by atoms with Crippen molar-refractivity contribution in [2.24, 2.45) is 0 Å². The average Bonchev–Trinajstić information content (AvgIpc) is 3.36. The van der Waals surface area contributed by atoms with Gasteiger partial charge in [0.15, 0.2) is 0 Å². The molecule has 0 bridgehead atoms. The molecule has 0 fully saturated rings. The quantitative estimate of drug-likeness (QED) is 0.531. The molecule has 1 aromatic carbocycles. The lowest BCUT2D eigenvalue weighted by Gasteiger charge is -2.00. The highest BCUT2D eigenvalue weighted by Gasteiger charge is 2.10. The first-order valence-corrected chi connectivity index (χ1v) is 8.59. The van der Waals surface area contributed by atoms with Gasteiger partial charge in [-0.05, 0) is 31.6 Å². The smallest absolute Gasteiger partial charge is 0.248 e. The SMILES string of the molecule is Cc1noc(C)c1Cn1cc(NC(=O)C=Cc2c[nH]c3ccccc23)cn1. The van der Waals surface area contributed by atoms with Gasteiger partial charge in [0.2, 0.25) is 5.91 Å². The summed E-state index contributed by atoms with van der Waals surface area (Å²) in [5.74, 6) is 0.562. The van der Waals surface area contributed by atoms with E-state index in [0.717, 1.165) is 33.5 Å². The fraction of sp³-hybridized carbons (Fsp3) is 0.150. The summed E-state index contributed by atoms with van der Waals surface area (Å²) in [4.78, 5) is 15.4. The second kappa shape index (κ2) is 6.95. The third kappa shape index (κ3) is 3.52. The lowest BCUT2D eigenvalue weighted by molar-refractivity contribution is -0.111. The minimum absolute atomic E-state index is 0.211. The number of aromatic amines is 1. The first-order valence-electron chi connectivity index (χ1n) is 8.59. The fourth-order valence-corrected chi connectivity index (χ4v) is 2.99. The average molecular weight is 361 g/mol. The van der Waals surface area contributed by atoms with E-state index in [1.54, 1.807) is 23.2 Å². The highest BCUT2D eigenvalue weighted by atomic mass is 16.5. The molecule has 0 spiro atoms. The normalized spacial score (nSPS) is 11.5. The lowest BCUT2D eigenvalue weighted by Crippen LogP contribution is -2.07. The minimum Gasteiger partial charge on any atom is -0.361 e. The Balaban J connectivity index is 1.42. The molecule has 4 aromatic rings. The highest BCUT2D eigenvalue weighted by molar-refractivity contribution is 6.03. The van der Waals surface area contributed by atoms with Gasteiger partial charge in [-0.1, -0.05) is 23.4 Å². The van der Waals surface area contributed by atoms with Crippen molar-refractivity contribution >= 4 is 28.6 Å². The van der Waals surface area contributed by atoms with Crippen molar-refractivity contribution in [1.82, 2.24) is 19.9 Å². The van der Waals surface area contributed by atoms with E-state index in [1.165, 1.54) is 6.08 Å². The number of nitrogens with one attached hydrogen (secondary N) is 2. The van der Waals surface area contributed by atoms with Crippen LogP contribution in [0.25, 0.3) is 17.0 Å². The number of para-hydroxylation sites is 1. The Labute approximate surface area is 155 Å². The molecule has 2 N–H and O–H groups in total. The van der Waals surface area contributed by atoms with E-state index in [9.17, 15) is 4.79 Å². The maximum atomic E-state index is 12.2. The molecule has 136 valence electrons. The zero-order valence-electron chi connectivity index (χ0n) is 15.1. The van der Waals surface area contributed by atoms with Crippen molar-refractivity contribution in [2.75, 3.05) is 5.32 Å². The van der Waals surface area contributed by atoms with E-state index in [4.69, 9.17) is 4.52 Å². The van der Waals surface area contributed by atoms with Crippen LogP contribution in [0.5, 0.6) is 0 Å². The number of H-pyrrole nitrogens is 1. The van der Waals surface area contributed by atoms with Gasteiger partial charge in [-0.25, -0.2) is 0 Å². The van der Waals surface area contributed by atoms with Gasteiger partial charge >= 0.3 is 0 Å². The third-order valence-corrected chi connectivity index (χ3v) is 4.44. The zero-order chi connectivity index (χ0) is 18.8. The maximum Gasteiger partial charge on any atom is 0.248 e. The van der Waals surface area contributed by atoms with Crippen LogP contribution < -0.4 is 5.32 Å². The predicted octanol–water partition coefficient (Wildman–Crippen LogP) is 3.67. The minimum atomic E-state index is -0.211. The van der Waals surface area contributed by atoms with Crippen LogP contribution in [0.1, 0.15) is 22.6 Å². The summed E-state index contributed by atoms with van der Waals surface area (Å²) in [6.45, 7) is 4.31. The van der Waals surface area contributed by atoms with Gasteiger partial charge < -0.3 is 14.8 Å². The number of anilines is 1. The van der Waals surface area contributed by atoms with E-state index < -0.39 is 0 Å². The molecule has 0 aliphatic heterocycles. The molecule has 0 saturated carbocycles. The van der Waals surface area contributed by atoms with Crippen molar-refractivity contribution in [2.45, 2.75) is 20.4 Å². The lowest BCUT2D eigenvalue weighted by atomic mass is 10.1. The number of carbonyl (C=O) groups excluding carboxylic acids is 1. The molecule has 3 heterocycles. The van der Waals surface area contributed by atoms with Crippen LogP contribution in [0.15, 0.2) is 53.5 Å². The predicted molar refractivity (Wildman–Crippen MR) is 103 cm³/mol. The number of rotatable bonds is 5. The van der Waals surface area contributed by atoms with Crippen molar-refractivity contribution in [1.29, 1.82) is 0 Å². The molecule has 1 amide bonds. The summed E-state index contributed by atoms with van der Waals surface area (Å²) in [6.07, 6.45) is 8.60. The van der Waals surface area contributed by atoms with Crippen molar-refractivity contribution in [3.63, 3.8) is 0 Å². The second-order valence-corrected chi connectivity index (χ2v) is 6.34. The Kier molecular flexibility index (Phi) is 4.33. The van der Waals surface area contributed by atoms with E-state index in [0.29, 0.717) is 12.2 Å². The summed E-state index contributed by atoms with van der Waals surface area (Å²) >= 11 is 0. The van der Waals surface area contributed by atoms with Crippen molar-refractivity contribution in [3.05, 3.63) is 71.5 Å². The molecule has 3 aromatic heterocycles. The van der Waals surface area contributed by atoms with Crippen LogP contribution in [0.2, 0.25) is 0 Å². The molecule has 0 atom stereocenters. The summed E-state index contributed by atoms with van der Waals surface area (Å²) in [7, 11) is 0. The Morgan fingerprint density at radius 1 is 1.33 bits per heavy atom. The molecule has 4 rings (SSSR count). The van der Waals surface area contributed by atoms with Gasteiger partial charge in [0.05, 0.1) is 24.1 Å². The number of nitrogens with zero attached hydrogens (tertiary/aromatic N) is 3. The number of hydrogen-bond donors (Lipinski definition) is 2. The van der Waals surface area contributed by atoms with E-state index in [2.05, 4.69) is 20.6 Å². The van der Waals surface area contributed by atoms with Crippen molar-refractivity contribution in [3.8, 4) is 0 Å². The summed E-state index contributed by atoms with van der Waals surface area (Å²) < 4.78 is 6.91. The summed E-state index contributed by atoms with van der Waals surface area (Å²) in [5.41, 5.74) is 4.48. The number of carbonyl (C=O) groups is 1. The van der Waals surface area contributed by atoms with Crippen LogP contribution >= 0.6 is 0 Å². The van der Waals surface area contributed by atoms with E-state index in [-0.39, 0.29) is 5.91 Å². The van der Waals surface area contributed by atoms with Crippen LogP contribution in [0, 0.1) is 13.8 Å². The number of benzene rings is 1. The molecule has 27 heavy (non-hydrogen) atoms.